The van der Waals surface area contributed by atoms with Gasteiger partial charge in [0.2, 0.25) is 5.91 Å². The molecule has 0 saturated heterocycles. The molecule has 0 spiro atoms. The molecule has 0 radical (unpaired) electrons. The van der Waals surface area contributed by atoms with Crippen LogP contribution < -0.4 is 14.8 Å². The summed E-state index contributed by atoms with van der Waals surface area (Å²) in [5, 5.41) is 4.75. The number of carbonyl (C=O) groups excluding carboxylic acids is 1. The van der Waals surface area contributed by atoms with Crippen molar-refractivity contribution in [1.82, 2.24) is 10.3 Å². The van der Waals surface area contributed by atoms with Crippen LogP contribution in [0.1, 0.15) is 16.8 Å². The van der Waals surface area contributed by atoms with Gasteiger partial charge in [-0.3, -0.25) is 9.52 Å². The normalized spacial score (nSPS) is 11.1. The number of rotatable bonds is 9. The molecule has 1 aromatic heterocycles. The number of benzene rings is 2. The predicted molar refractivity (Wildman–Crippen MR) is 118 cm³/mol. The number of hydrogen-bond acceptors (Lipinski definition) is 6. The van der Waals surface area contributed by atoms with Crippen molar-refractivity contribution in [1.29, 1.82) is 0 Å². The van der Waals surface area contributed by atoms with Gasteiger partial charge < -0.3 is 10.1 Å². The van der Waals surface area contributed by atoms with E-state index in [9.17, 15) is 13.2 Å². The number of thiazole rings is 1. The third-order valence-electron chi connectivity index (χ3n) is 4.36. The molecule has 0 saturated carbocycles. The lowest BCUT2D eigenvalue weighted by Crippen LogP contribution is -2.27. The van der Waals surface area contributed by atoms with Gasteiger partial charge in [-0.2, -0.15) is 0 Å². The number of nitrogens with one attached hydrogen (secondary N) is 2. The summed E-state index contributed by atoms with van der Waals surface area (Å²) in [5.41, 5.74) is 2.50. The van der Waals surface area contributed by atoms with Gasteiger partial charge in [0.1, 0.15) is 5.75 Å². The van der Waals surface area contributed by atoms with Crippen molar-refractivity contribution in [2.75, 3.05) is 18.4 Å². The van der Waals surface area contributed by atoms with Crippen molar-refractivity contribution in [2.24, 2.45) is 0 Å². The Morgan fingerprint density at radius 3 is 2.60 bits per heavy atom. The Morgan fingerprint density at radius 1 is 1.13 bits per heavy atom. The lowest BCUT2D eigenvalue weighted by molar-refractivity contribution is -0.120. The van der Waals surface area contributed by atoms with Crippen LogP contribution in [0.5, 0.6) is 5.75 Å². The highest BCUT2D eigenvalue weighted by Crippen LogP contribution is 2.21. The van der Waals surface area contributed by atoms with Crippen molar-refractivity contribution in [3.05, 3.63) is 70.7 Å². The second-order valence-corrected chi connectivity index (χ2v) is 9.19. The number of methoxy groups -OCH3 is 1. The van der Waals surface area contributed by atoms with E-state index < -0.39 is 10.0 Å². The summed E-state index contributed by atoms with van der Waals surface area (Å²) in [4.78, 5) is 16.6. The van der Waals surface area contributed by atoms with E-state index in [1.165, 1.54) is 0 Å². The van der Waals surface area contributed by atoms with E-state index in [4.69, 9.17) is 4.74 Å². The number of sulfonamides is 1. The van der Waals surface area contributed by atoms with Gasteiger partial charge in [0.05, 0.1) is 24.1 Å². The minimum absolute atomic E-state index is 0.0781. The van der Waals surface area contributed by atoms with Crippen LogP contribution in [0.15, 0.2) is 58.8 Å². The lowest BCUT2D eigenvalue weighted by Gasteiger charge is -2.08. The first kappa shape index (κ1) is 21.8. The molecular weight excluding hydrogens is 422 g/mol. The van der Waals surface area contributed by atoms with Gasteiger partial charge >= 0.3 is 0 Å². The number of nitrogens with zero attached hydrogens (tertiary/aromatic N) is 1. The Labute approximate surface area is 180 Å². The fourth-order valence-corrected chi connectivity index (χ4v) is 4.76. The van der Waals surface area contributed by atoms with Crippen molar-refractivity contribution < 1.29 is 17.9 Å². The summed E-state index contributed by atoms with van der Waals surface area (Å²) in [6.07, 6.45) is 0.725. The fourth-order valence-electron chi connectivity index (χ4n) is 2.80. The molecule has 1 heterocycles. The standard InChI is InChI=1S/C21H23N3O4S2/c1-15-7-9-18(10-8-15)30(26,27)24-21-23-17(14-29-21)13-20(25)22-12-11-16-5-3-4-6-19(16)28-2/h3-10,14H,11-13H2,1-2H3,(H,22,25)(H,23,24). The molecule has 0 unspecified atom stereocenters. The summed E-state index contributed by atoms with van der Waals surface area (Å²) in [7, 11) is -2.10. The quantitative estimate of drug-likeness (QED) is 0.527. The zero-order chi connectivity index (χ0) is 21.6. The van der Waals surface area contributed by atoms with Crippen molar-refractivity contribution in [3.8, 4) is 5.75 Å². The largest absolute Gasteiger partial charge is 0.496 e. The molecule has 3 rings (SSSR count). The van der Waals surface area contributed by atoms with Gasteiger partial charge in [-0.1, -0.05) is 35.9 Å². The molecule has 0 aliphatic carbocycles. The number of aryl methyl sites for hydroxylation is 1. The van der Waals surface area contributed by atoms with Gasteiger partial charge in [0.15, 0.2) is 5.13 Å². The molecule has 0 aliphatic heterocycles. The highest BCUT2D eigenvalue weighted by Gasteiger charge is 2.16. The van der Waals surface area contributed by atoms with Gasteiger partial charge in [-0.15, -0.1) is 11.3 Å². The number of ether oxygens (including phenoxy) is 1. The molecule has 0 aliphatic rings. The maximum Gasteiger partial charge on any atom is 0.263 e. The first-order valence-corrected chi connectivity index (χ1v) is 11.7. The van der Waals surface area contributed by atoms with E-state index in [1.54, 1.807) is 36.8 Å². The predicted octanol–water partition coefficient (Wildman–Crippen LogP) is 3.16. The summed E-state index contributed by atoms with van der Waals surface area (Å²) < 4.78 is 32.6. The molecule has 2 aromatic carbocycles. The van der Waals surface area contributed by atoms with E-state index >= 15 is 0 Å². The fraction of sp³-hybridized carbons (Fsp3) is 0.238. The summed E-state index contributed by atoms with van der Waals surface area (Å²) in [6.45, 7) is 2.36. The van der Waals surface area contributed by atoms with Crippen molar-refractivity contribution >= 4 is 32.4 Å². The minimum Gasteiger partial charge on any atom is -0.496 e. The zero-order valence-electron chi connectivity index (χ0n) is 16.7. The molecular formula is C21H23N3O4S2. The van der Waals surface area contributed by atoms with Gasteiger partial charge in [0.25, 0.3) is 10.0 Å². The molecule has 0 fully saturated rings. The number of carbonyl (C=O) groups is 1. The van der Waals surface area contributed by atoms with Crippen LogP contribution in [0.25, 0.3) is 0 Å². The Bertz CT molecular complexity index is 1110. The van der Waals surface area contributed by atoms with Crippen LogP contribution in [0.3, 0.4) is 0 Å². The number of hydrogen-bond donors (Lipinski definition) is 2. The maximum absolute atomic E-state index is 12.4. The molecule has 9 heteroatoms. The molecule has 2 N–H and O–H groups in total. The molecule has 30 heavy (non-hydrogen) atoms. The Morgan fingerprint density at radius 2 is 1.87 bits per heavy atom. The summed E-state index contributed by atoms with van der Waals surface area (Å²) in [6, 6.07) is 14.2. The van der Waals surface area contributed by atoms with Gasteiger partial charge in [0, 0.05) is 11.9 Å². The van der Waals surface area contributed by atoms with Crippen LogP contribution in [-0.2, 0) is 27.7 Å². The SMILES string of the molecule is COc1ccccc1CCNC(=O)Cc1csc(NS(=O)(=O)c2ccc(C)cc2)n1. The van der Waals surface area contributed by atoms with E-state index in [-0.39, 0.29) is 22.4 Å². The second-order valence-electron chi connectivity index (χ2n) is 6.65. The number of amides is 1. The molecule has 1 amide bonds. The van der Waals surface area contributed by atoms with Gasteiger partial charge in [-0.05, 0) is 37.1 Å². The van der Waals surface area contributed by atoms with Crippen LogP contribution >= 0.6 is 11.3 Å². The van der Waals surface area contributed by atoms with E-state index in [0.717, 1.165) is 28.2 Å². The maximum atomic E-state index is 12.4. The highest BCUT2D eigenvalue weighted by molar-refractivity contribution is 7.93. The van der Waals surface area contributed by atoms with Crippen LogP contribution in [0, 0.1) is 6.92 Å². The second kappa shape index (κ2) is 9.73. The Balaban J connectivity index is 1.52. The smallest absolute Gasteiger partial charge is 0.263 e. The Hall–Kier alpha value is -2.91. The monoisotopic (exact) mass is 445 g/mol. The molecule has 3 aromatic rings. The van der Waals surface area contributed by atoms with Crippen LogP contribution in [0.2, 0.25) is 0 Å². The number of anilines is 1. The van der Waals surface area contributed by atoms with E-state index in [2.05, 4.69) is 15.0 Å². The summed E-state index contributed by atoms with van der Waals surface area (Å²) >= 11 is 1.14. The minimum atomic E-state index is -3.71. The van der Waals surface area contributed by atoms with E-state index in [0.29, 0.717) is 18.7 Å². The van der Waals surface area contributed by atoms with Crippen molar-refractivity contribution in [2.45, 2.75) is 24.7 Å². The zero-order valence-corrected chi connectivity index (χ0v) is 18.3. The van der Waals surface area contributed by atoms with Crippen LogP contribution in [0.4, 0.5) is 5.13 Å². The average Bonchev–Trinajstić information content (AvgIpc) is 3.14. The molecule has 0 atom stereocenters. The summed E-state index contributed by atoms with van der Waals surface area (Å²) in [5.74, 6) is 0.611. The average molecular weight is 446 g/mol. The van der Waals surface area contributed by atoms with Crippen molar-refractivity contribution in [3.63, 3.8) is 0 Å². The number of para-hydroxylation sites is 1. The lowest BCUT2D eigenvalue weighted by atomic mass is 10.1. The molecule has 7 nitrogen and oxygen atoms in total. The van der Waals surface area contributed by atoms with E-state index in [1.807, 2.05) is 31.2 Å². The first-order valence-electron chi connectivity index (χ1n) is 9.30. The Kier molecular flexibility index (Phi) is 7.07. The molecule has 158 valence electrons. The third kappa shape index (κ3) is 5.80. The third-order valence-corrected chi connectivity index (χ3v) is 6.65. The highest BCUT2D eigenvalue weighted by atomic mass is 32.2. The number of aromatic nitrogens is 1. The first-order chi connectivity index (χ1) is 14.4. The topological polar surface area (TPSA) is 97.4 Å². The van der Waals surface area contributed by atoms with Gasteiger partial charge in [-0.25, -0.2) is 13.4 Å². The molecule has 0 bridgehead atoms. The van der Waals surface area contributed by atoms with Crippen LogP contribution in [-0.4, -0.2) is 33.0 Å².